The summed E-state index contributed by atoms with van der Waals surface area (Å²) >= 11 is 3.56. The molecule has 14 heavy (non-hydrogen) atoms. The average Bonchev–Trinajstić information content (AvgIpc) is 2.42. The van der Waals surface area contributed by atoms with E-state index in [0.29, 0.717) is 6.61 Å². The quantitative estimate of drug-likeness (QED) is 0.836. The van der Waals surface area contributed by atoms with Gasteiger partial charge in [-0.1, -0.05) is 20.8 Å². The molecule has 0 amide bonds. The summed E-state index contributed by atoms with van der Waals surface area (Å²) in [6.07, 6.45) is 1.92. The lowest BCUT2D eigenvalue weighted by molar-refractivity contribution is 0.182. The van der Waals surface area contributed by atoms with Gasteiger partial charge >= 0.3 is 0 Å². The van der Waals surface area contributed by atoms with E-state index in [1.54, 1.807) is 7.11 Å². The summed E-state index contributed by atoms with van der Waals surface area (Å²) in [6, 6.07) is 0. The lowest BCUT2D eigenvalue weighted by Crippen LogP contribution is -2.12. The fourth-order valence-electron chi connectivity index (χ4n) is 1.21. The Labute approximate surface area is 93.6 Å². The van der Waals surface area contributed by atoms with Crippen molar-refractivity contribution < 1.29 is 4.74 Å². The van der Waals surface area contributed by atoms with Crippen LogP contribution in [0.5, 0.6) is 0 Å². The summed E-state index contributed by atoms with van der Waals surface area (Å²) in [6.45, 7) is 8.00. The van der Waals surface area contributed by atoms with Gasteiger partial charge in [0.25, 0.3) is 0 Å². The highest BCUT2D eigenvalue weighted by Gasteiger charge is 2.20. The SMILES string of the molecule is COCCn1ncc(C(C)(C)C)c1Br. The molecule has 0 aliphatic rings. The molecule has 1 aromatic heterocycles. The molecule has 0 unspecified atom stereocenters. The highest BCUT2D eigenvalue weighted by molar-refractivity contribution is 9.10. The molecule has 0 fully saturated rings. The minimum Gasteiger partial charge on any atom is -0.383 e. The maximum absolute atomic E-state index is 5.01. The second kappa shape index (κ2) is 4.45. The van der Waals surface area contributed by atoms with Crippen LogP contribution in [0.2, 0.25) is 0 Å². The highest BCUT2D eigenvalue weighted by Crippen LogP contribution is 2.29. The van der Waals surface area contributed by atoms with Gasteiger partial charge in [-0.2, -0.15) is 5.10 Å². The Morgan fingerprint density at radius 3 is 2.57 bits per heavy atom. The summed E-state index contributed by atoms with van der Waals surface area (Å²) < 4.78 is 7.99. The van der Waals surface area contributed by atoms with Crippen molar-refractivity contribution in [2.24, 2.45) is 0 Å². The van der Waals surface area contributed by atoms with Crippen molar-refractivity contribution in [3.05, 3.63) is 16.4 Å². The number of ether oxygens (including phenoxy) is 1. The van der Waals surface area contributed by atoms with Gasteiger partial charge in [-0.3, -0.25) is 4.68 Å². The van der Waals surface area contributed by atoms with Crippen LogP contribution >= 0.6 is 15.9 Å². The summed E-state index contributed by atoms with van der Waals surface area (Å²) in [5.41, 5.74) is 1.36. The largest absolute Gasteiger partial charge is 0.383 e. The molecule has 0 aliphatic heterocycles. The van der Waals surface area contributed by atoms with E-state index in [4.69, 9.17) is 4.74 Å². The molecular formula is C10H17BrN2O. The summed E-state index contributed by atoms with van der Waals surface area (Å²) in [5.74, 6) is 0. The first-order valence-electron chi connectivity index (χ1n) is 4.67. The van der Waals surface area contributed by atoms with E-state index in [1.165, 1.54) is 5.56 Å². The number of aromatic nitrogens is 2. The summed E-state index contributed by atoms with van der Waals surface area (Å²) in [5, 5.41) is 4.31. The van der Waals surface area contributed by atoms with E-state index in [0.717, 1.165) is 11.1 Å². The van der Waals surface area contributed by atoms with Crippen molar-refractivity contribution in [3.8, 4) is 0 Å². The molecule has 1 heterocycles. The summed E-state index contributed by atoms with van der Waals surface area (Å²) in [7, 11) is 1.70. The second-order valence-electron chi connectivity index (χ2n) is 4.31. The highest BCUT2D eigenvalue weighted by atomic mass is 79.9. The molecule has 0 saturated heterocycles. The number of hydrogen-bond acceptors (Lipinski definition) is 2. The number of rotatable bonds is 3. The fraction of sp³-hybridized carbons (Fsp3) is 0.700. The third-order valence-electron chi connectivity index (χ3n) is 2.09. The minimum atomic E-state index is 0.129. The van der Waals surface area contributed by atoms with Crippen molar-refractivity contribution in [3.63, 3.8) is 0 Å². The Hall–Kier alpha value is -0.350. The molecule has 0 aliphatic carbocycles. The molecule has 0 saturated carbocycles. The third-order valence-corrected chi connectivity index (χ3v) is 2.93. The van der Waals surface area contributed by atoms with Crippen LogP contribution in [0.1, 0.15) is 26.3 Å². The molecule has 0 N–H and O–H groups in total. The normalized spacial score (nSPS) is 12.1. The summed E-state index contributed by atoms with van der Waals surface area (Å²) in [4.78, 5) is 0. The van der Waals surface area contributed by atoms with Gasteiger partial charge in [0.15, 0.2) is 0 Å². The number of halogens is 1. The van der Waals surface area contributed by atoms with Crippen LogP contribution in [0.4, 0.5) is 0 Å². The van der Waals surface area contributed by atoms with Gasteiger partial charge in [-0.05, 0) is 21.3 Å². The van der Waals surface area contributed by atoms with E-state index < -0.39 is 0 Å². The van der Waals surface area contributed by atoms with Crippen molar-refractivity contribution >= 4 is 15.9 Å². The maximum atomic E-state index is 5.01. The van der Waals surface area contributed by atoms with E-state index in [-0.39, 0.29) is 5.41 Å². The Bertz CT molecular complexity index is 302. The molecule has 80 valence electrons. The molecular weight excluding hydrogens is 244 g/mol. The molecule has 0 bridgehead atoms. The van der Waals surface area contributed by atoms with E-state index in [2.05, 4.69) is 41.8 Å². The van der Waals surface area contributed by atoms with Crippen LogP contribution in [0.3, 0.4) is 0 Å². The minimum absolute atomic E-state index is 0.129. The standard InChI is InChI=1S/C10H17BrN2O/c1-10(2,3)8-7-12-13(9(8)11)5-6-14-4/h7H,5-6H2,1-4H3. The monoisotopic (exact) mass is 260 g/mol. The van der Waals surface area contributed by atoms with Gasteiger partial charge in [-0.15, -0.1) is 0 Å². The molecule has 4 heteroatoms. The topological polar surface area (TPSA) is 27.1 Å². The van der Waals surface area contributed by atoms with Crippen LogP contribution in [0, 0.1) is 0 Å². The van der Waals surface area contributed by atoms with Gasteiger partial charge in [-0.25, -0.2) is 0 Å². The Balaban J connectivity index is 2.86. The second-order valence-corrected chi connectivity index (χ2v) is 5.07. The van der Waals surface area contributed by atoms with Crippen molar-refractivity contribution in [1.29, 1.82) is 0 Å². The predicted octanol–water partition coefficient (Wildman–Crippen LogP) is 2.59. The first-order valence-corrected chi connectivity index (χ1v) is 5.47. The average molecular weight is 261 g/mol. The lowest BCUT2D eigenvalue weighted by atomic mass is 9.90. The van der Waals surface area contributed by atoms with E-state index in [9.17, 15) is 0 Å². The Morgan fingerprint density at radius 2 is 2.14 bits per heavy atom. The Kier molecular flexibility index (Phi) is 3.72. The van der Waals surface area contributed by atoms with Crippen LogP contribution in [0.25, 0.3) is 0 Å². The zero-order valence-corrected chi connectivity index (χ0v) is 10.8. The first-order chi connectivity index (χ1) is 6.46. The lowest BCUT2D eigenvalue weighted by Gasteiger charge is -2.17. The Morgan fingerprint density at radius 1 is 1.50 bits per heavy atom. The molecule has 1 rings (SSSR count). The van der Waals surface area contributed by atoms with E-state index >= 15 is 0 Å². The third kappa shape index (κ3) is 2.58. The van der Waals surface area contributed by atoms with Gasteiger partial charge in [0.05, 0.1) is 19.3 Å². The van der Waals surface area contributed by atoms with Crippen LogP contribution in [-0.2, 0) is 16.7 Å². The van der Waals surface area contributed by atoms with Crippen LogP contribution in [-0.4, -0.2) is 23.5 Å². The van der Waals surface area contributed by atoms with Crippen molar-refractivity contribution in [2.75, 3.05) is 13.7 Å². The van der Waals surface area contributed by atoms with Gasteiger partial charge < -0.3 is 4.74 Å². The van der Waals surface area contributed by atoms with Gasteiger partial charge in [0, 0.05) is 12.7 Å². The van der Waals surface area contributed by atoms with Crippen molar-refractivity contribution in [2.45, 2.75) is 32.7 Å². The maximum Gasteiger partial charge on any atom is 0.107 e. The molecule has 3 nitrogen and oxygen atoms in total. The first kappa shape index (κ1) is 11.7. The number of hydrogen-bond donors (Lipinski definition) is 0. The van der Waals surface area contributed by atoms with Gasteiger partial charge in [0.2, 0.25) is 0 Å². The zero-order chi connectivity index (χ0) is 10.8. The molecule has 0 aromatic carbocycles. The predicted molar refractivity (Wildman–Crippen MR) is 60.5 cm³/mol. The van der Waals surface area contributed by atoms with Crippen LogP contribution in [0.15, 0.2) is 10.8 Å². The molecule has 0 atom stereocenters. The fourth-order valence-corrected chi connectivity index (χ4v) is 2.17. The van der Waals surface area contributed by atoms with Crippen LogP contribution < -0.4 is 0 Å². The molecule has 0 radical (unpaired) electrons. The number of methoxy groups -OCH3 is 1. The van der Waals surface area contributed by atoms with E-state index in [1.807, 2.05) is 10.9 Å². The van der Waals surface area contributed by atoms with Gasteiger partial charge in [0.1, 0.15) is 4.60 Å². The smallest absolute Gasteiger partial charge is 0.107 e. The molecule has 1 aromatic rings. The number of nitrogens with zero attached hydrogens (tertiary/aromatic N) is 2. The van der Waals surface area contributed by atoms with Crippen molar-refractivity contribution in [1.82, 2.24) is 9.78 Å². The molecule has 0 spiro atoms. The zero-order valence-electron chi connectivity index (χ0n) is 9.17.